The highest BCUT2D eigenvalue weighted by molar-refractivity contribution is 6.29. The van der Waals surface area contributed by atoms with E-state index in [0.29, 0.717) is 15.3 Å². The molecule has 110 valence electrons. The molecule has 3 heteroatoms. The minimum atomic E-state index is 0.281. The molecule has 0 N–H and O–H groups in total. The summed E-state index contributed by atoms with van der Waals surface area (Å²) in [6.45, 7) is 11.8. The third-order valence-electron chi connectivity index (χ3n) is 3.42. The Morgan fingerprint density at radius 2 is 2.05 bits per heavy atom. The van der Waals surface area contributed by atoms with Gasteiger partial charge in [0.1, 0.15) is 0 Å². The van der Waals surface area contributed by atoms with Crippen molar-refractivity contribution in [3.8, 4) is 0 Å². The van der Waals surface area contributed by atoms with Gasteiger partial charge in [-0.05, 0) is 31.4 Å². The quantitative estimate of drug-likeness (QED) is 0.476. The fourth-order valence-corrected chi connectivity index (χ4v) is 3.07. The molecule has 2 radical (unpaired) electrons. The summed E-state index contributed by atoms with van der Waals surface area (Å²) in [5, 5.41) is 0. The molecule has 1 rings (SSSR count). The minimum absolute atomic E-state index is 0.281. The fraction of sp³-hybridized carbons (Fsp3) is 0.529. The van der Waals surface area contributed by atoms with E-state index in [1.54, 1.807) is 0 Å². The summed E-state index contributed by atoms with van der Waals surface area (Å²) in [6, 6.07) is 8.34. The maximum absolute atomic E-state index is 5.87. The molecule has 1 aromatic rings. The fourth-order valence-electron chi connectivity index (χ4n) is 2.18. The molecule has 0 amide bonds. The van der Waals surface area contributed by atoms with E-state index >= 15 is 0 Å². The highest BCUT2D eigenvalue weighted by atomic mass is 28.2. The number of benzene rings is 1. The first kappa shape index (κ1) is 17.1. The van der Waals surface area contributed by atoms with Crippen LogP contribution < -0.4 is 0 Å². The molecule has 0 heterocycles. The van der Waals surface area contributed by atoms with Gasteiger partial charge in [-0.15, -0.1) is 0 Å². The molecule has 0 saturated carbocycles. The van der Waals surface area contributed by atoms with Crippen LogP contribution in [0.2, 0.25) is 5.54 Å². The summed E-state index contributed by atoms with van der Waals surface area (Å²) < 4.78 is 11.5. The topological polar surface area (TPSA) is 18.5 Å². The first-order chi connectivity index (χ1) is 9.72. The van der Waals surface area contributed by atoms with E-state index in [0.717, 1.165) is 26.1 Å². The van der Waals surface area contributed by atoms with Crippen molar-refractivity contribution >= 4 is 15.8 Å². The average Bonchev–Trinajstić information content (AvgIpc) is 2.48. The van der Waals surface area contributed by atoms with Crippen LogP contribution in [0.4, 0.5) is 0 Å². The second-order valence-corrected chi connectivity index (χ2v) is 6.06. The van der Waals surface area contributed by atoms with Gasteiger partial charge in [0.05, 0.1) is 6.10 Å². The number of rotatable bonds is 10. The zero-order valence-corrected chi connectivity index (χ0v) is 13.9. The number of hydrogen-bond donors (Lipinski definition) is 0. The lowest BCUT2D eigenvalue weighted by molar-refractivity contribution is 0.0665. The van der Waals surface area contributed by atoms with E-state index in [1.165, 1.54) is 11.1 Å². The molecule has 2 atom stereocenters. The van der Waals surface area contributed by atoms with Crippen molar-refractivity contribution in [2.75, 3.05) is 13.2 Å². The molecule has 0 aliphatic rings. The molecule has 0 bridgehead atoms. The van der Waals surface area contributed by atoms with E-state index in [-0.39, 0.29) is 6.10 Å². The van der Waals surface area contributed by atoms with E-state index in [1.807, 2.05) is 19.1 Å². The van der Waals surface area contributed by atoms with Gasteiger partial charge in [0.15, 0.2) is 0 Å². The van der Waals surface area contributed by atoms with E-state index in [4.69, 9.17) is 9.16 Å². The van der Waals surface area contributed by atoms with E-state index in [9.17, 15) is 0 Å². The van der Waals surface area contributed by atoms with Crippen LogP contribution in [0.3, 0.4) is 0 Å². The summed E-state index contributed by atoms with van der Waals surface area (Å²) in [6.07, 6.45) is 4.23. The maximum atomic E-state index is 5.87. The van der Waals surface area contributed by atoms with Crippen LogP contribution >= 0.6 is 0 Å². The van der Waals surface area contributed by atoms with Crippen molar-refractivity contribution in [2.45, 2.75) is 45.3 Å². The van der Waals surface area contributed by atoms with Crippen LogP contribution in [-0.4, -0.2) is 29.1 Å². The molecule has 1 aromatic carbocycles. The first-order valence-electron chi connectivity index (χ1n) is 7.42. The van der Waals surface area contributed by atoms with Gasteiger partial charge >= 0.3 is 0 Å². The van der Waals surface area contributed by atoms with Crippen molar-refractivity contribution in [3.05, 3.63) is 42.0 Å². The van der Waals surface area contributed by atoms with Crippen molar-refractivity contribution in [3.63, 3.8) is 0 Å². The first-order valence-corrected chi connectivity index (χ1v) is 8.40. The lowest BCUT2D eigenvalue weighted by Crippen LogP contribution is -2.23. The van der Waals surface area contributed by atoms with Gasteiger partial charge in [-0.3, -0.25) is 0 Å². The third kappa shape index (κ3) is 5.61. The summed E-state index contributed by atoms with van der Waals surface area (Å²) in [5.41, 5.74) is 3.01. The largest absolute Gasteiger partial charge is 0.417 e. The molecule has 2 unspecified atom stereocenters. The highest BCUT2D eigenvalue weighted by Crippen LogP contribution is 2.18. The Labute approximate surface area is 126 Å². The van der Waals surface area contributed by atoms with Gasteiger partial charge < -0.3 is 9.16 Å². The molecule has 0 spiro atoms. The third-order valence-corrected chi connectivity index (χ3v) is 4.97. The predicted molar refractivity (Wildman–Crippen MR) is 87.1 cm³/mol. The van der Waals surface area contributed by atoms with Gasteiger partial charge in [-0.2, -0.15) is 0 Å². The highest BCUT2D eigenvalue weighted by Gasteiger charge is 2.17. The Morgan fingerprint density at radius 1 is 1.30 bits per heavy atom. The van der Waals surface area contributed by atoms with Gasteiger partial charge in [0, 0.05) is 18.8 Å². The Bertz CT molecular complexity index is 392. The van der Waals surface area contributed by atoms with Crippen LogP contribution in [0.5, 0.6) is 0 Å². The number of ether oxygens (including phenoxy) is 1. The molecular weight excluding hydrogens is 264 g/mol. The summed E-state index contributed by atoms with van der Waals surface area (Å²) >= 11 is 0. The Balaban J connectivity index is 2.35. The van der Waals surface area contributed by atoms with Crippen LogP contribution in [0.25, 0.3) is 6.08 Å². The summed E-state index contributed by atoms with van der Waals surface area (Å²) in [7, 11) is 0.512. The SMILES string of the molecule is C=Cc1ccccc1CCO[Si]C(CC)C(C)OCC. The van der Waals surface area contributed by atoms with Crippen molar-refractivity contribution < 1.29 is 9.16 Å². The van der Waals surface area contributed by atoms with Gasteiger partial charge in [-0.1, -0.05) is 50.3 Å². The normalized spacial score (nSPS) is 13.9. The van der Waals surface area contributed by atoms with Crippen molar-refractivity contribution in [1.29, 1.82) is 0 Å². The van der Waals surface area contributed by atoms with Crippen LogP contribution in [-0.2, 0) is 15.6 Å². The zero-order chi connectivity index (χ0) is 14.8. The Kier molecular flexibility index (Phi) is 8.50. The van der Waals surface area contributed by atoms with Crippen LogP contribution in [0.1, 0.15) is 38.3 Å². The molecule has 0 fully saturated rings. The summed E-state index contributed by atoms with van der Waals surface area (Å²) in [5.74, 6) is 0. The van der Waals surface area contributed by atoms with E-state index in [2.05, 4.69) is 38.6 Å². The molecule has 2 nitrogen and oxygen atoms in total. The predicted octanol–water partition coefficient (Wildman–Crippen LogP) is 4.13. The van der Waals surface area contributed by atoms with Gasteiger partial charge in [-0.25, -0.2) is 0 Å². The van der Waals surface area contributed by atoms with E-state index < -0.39 is 0 Å². The summed E-state index contributed by atoms with van der Waals surface area (Å²) in [4.78, 5) is 0. The van der Waals surface area contributed by atoms with Gasteiger partial charge in [0.25, 0.3) is 0 Å². The second kappa shape index (κ2) is 9.92. The Hall–Kier alpha value is -0.903. The van der Waals surface area contributed by atoms with Crippen molar-refractivity contribution in [1.82, 2.24) is 0 Å². The molecular formula is C17H26O2Si. The molecule has 0 aliphatic carbocycles. The van der Waals surface area contributed by atoms with Gasteiger partial charge in [0.2, 0.25) is 9.76 Å². The average molecular weight is 290 g/mol. The lowest BCUT2D eigenvalue weighted by Gasteiger charge is -2.21. The molecule has 0 aromatic heterocycles. The van der Waals surface area contributed by atoms with Crippen molar-refractivity contribution in [2.24, 2.45) is 0 Å². The minimum Gasteiger partial charge on any atom is -0.417 e. The smallest absolute Gasteiger partial charge is 0.235 e. The molecule has 20 heavy (non-hydrogen) atoms. The second-order valence-electron chi connectivity index (χ2n) is 4.79. The van der Waals surface area contributed by atoms with Crippen LogP contribution in [0.15, 0.2) is 30.8 Å². The standard InChI is InChI=1S/C17H26O2Si/c1-5-15-10-8-9-11-16(15)12-13-19-20-17(6-2)14(4)18-7-3/h5,8-11,14,17H,1,6-7,12-13H2,2-4H3. The van der Waals surface area contributed by atoms with Crippen LogP contribution in [0, 0.1) is 0 Å². The lowest BCUT2D eigenvalue weighted by atomic mass is 10.1. The monoisotopic (exact) mass is 290 g/mol. The molecule has 0 aliphatic heterocycles. The Morgan fingerprint density at radius 3 is 2.70 bits per heavy atom. The number of hydrogen-bond acceptors (Lipinski definition) is 2. The maximum Gasteiger partial charge on any atom is 0.235 e. The zero-order valence-electron chi connectivity index (χ0n) is 12.9. The molecule has 0 saturated heterocycles.